The number of methoxy groups -OCH3 is 2. The monoisotopic (exact) mass is 327 g/mol. The minimum Gasteiger partial charge on any atom is -0.497 e. The number of amides is 1. The van der Waals surface area contributed by atoms with Crippen LogP contribution in [0.4, 0.5) is 0 Å². The van der Waals surface area contributed by atoms with E-state index in [1.165, 1.54) is 7.11 Å². The van der Waals surface area contributed by atoms with Crippen molar-refractivity contribution < 1.29 is 14.3 Å². The second-order valence-corrected chi connectivity index (χ2v) is 5.42. The molecule has 6 nitrogen and oxygen atoms in total. The van der Waals surface area contributed by atoms with Crippen LogP contribution in [0.25, 0.3) is 0 Å². The highest BCUT2D eigenvalue weighted by Gasteiger charge is 2.20. The van der Waals surface area contributed by atoms with E-state index >= 15 is 0 Å². The summed E-state index contributed by atoms with van der Waals surface area (Å²) in [7, 11) is 3.07. The highest BCUT2D eigenvalue weighted by Crippen LogP contribution is 2.29. The Morgan fingerprint density at radius 3 is 2.58 bits per heavy atom. The molecule has 24 heavy (non-hydrogen) atoms. The summed E-state index contributed by atoms with van der Waals surface area (Å²) in [4.78, 5) is 12.3. The molecule has 2 atom stereocenters. The van der Waals surface area contributed by atoms with Crippen molar-refractivity contribution in [2.24, 2.45) is 0 Å². The first-order valence-corrected chi connectivity index (χ1v) is 7.62. The zero-order valence-corrected chi connectivity index (χ0v) is 14.0. The van der Waals surface area contributed by atoms with Gasteiger partial charge in [0.05, 0.1) is 20.3 Å². The van der Waals surface area contributed by atoms with E-state index in [0.29, 0.717) is 17.1 Å². The summed E-state index contributed by atoms with van der Waals surface area (Å²) in [5.41, 5.74) is 0.600. The van der Waals surface area contributed by atoms with Crippen LogP contribution in [0.1, 0.15) is 31.0 Å². The van der Waals surface area contributed by atoms with Crippen molar-refractivity contribution in [3.63, 3.8) is 0 Å². The van der Waals surface area contributed by atoms with Gasteiger partial charge in [-0.3, -0.25) is 4.79 Å². The van der Waals surface area contributed by atoms with Crippen molar-refractivity contribution in [3.8, 4) is 17.6 Å². The molecule has 0 radical (unpaired) electrons. The number of carbonyl (C=O) groups excluding carboxylic acids is 1. The molecule has 126 valence electrons. The van der Waals surface area contributed by atoms with E-state index in [4.69, 9.17) is 9.47 Å². The number of hydrogen-bond donors (Lipinski definition) is 1. The van der Waals surface area contributed by atoms with Crippen LogP contribution in [0.5, 0.6) is 11.5 Å². The maximum absolute atomic E-state index is 12.3. The number of hydrogen-bond acceptors (Lipinski definition) is 4. The summed E-state index contributed by atoms with van der Waals surface area (Å²) >= 11 is 0. The molecule has 0 spiro atoms. The molecular weight excluding hydrogens is 306 g/mol. The molecule has 0 bridgehead atoms. The van der Waals surface area contributed by atoms with Gasteiger partial charge in [0.2, 0.25) is 5.91 Å². The van der Waals surface area contributed by atoms with Gasteiger partial charge in [-0.2, -0.15) is 5.26 Å². The van der Waals surface area contributed by atoms with Gasteiger partial charge in [0.15, 0.2) is 0 Å². The van der Waals surface area contributed by atoms with Crippen molar-refractivity contribution >= 4 is 5.91 Å². The highest BCUT2D eigenvalue weighted by atomic mass is 16.5. The van der Waals surface area contributed by atoms with Gasteiger partial charge in [-0.15, -0.1) is 0 Å². The Balaban J connectivity index is 2.09. The van der Waals surface area contributed by atoms with Crippen LogP contribution in [0.3, 0.4) is 0 Å². The van der Waals surface area contributed by atoms with Gasteiger partial charge in [-0.05, 0) is 31.2 Å². The summed E-state index contributed by atoms with van der Waals surface area (Å²) in [6.07, 6.45) is 4.10. The molecule has 1 aromatic heterocycles. The SMILES string of the molecule is COc1ccc(C(C#N)NC(=O)CC(C)n2cccc2)c(OC)c1. The highest BCUT2D eigenvalue weighted by molar-refractivity contribution is 5.77. The molecular formula is C18H21N3O3. The molecule has 1 N–H and O–H groups in total. The van der Waals surface area contributed by atoms with E-state index in [1.807, 2.05) is 36.0 Å². The molecule has 0 fully saturated rings. The Hall–Kier alpha value is -2.94. The molecule has 6 heteroatoms. The zero-order chi connectivity index (χ0) is 17.5. The maximum atomic E-state index is 12.3. The first-order chi connectivity index (χ1) is 11.6. The Morgan fingerprint density at radius 1 is 1.29 bits per heavy atom. The molecule has 1 aromatic carbocycles. The fourth-order valence-corrected chi connectivity index (χ4v) is 2.47. The molecule has 0 saturated carbocycles. The summed E-state index contributed by atoms with van der Waals surface area (Å²) in [6.45, 7) is 1.95. The second kappa shape index (κ2) is 8.06. The van der Waals surface area contributed by atoms with Gasteiger partial charge in [0.25, 0.3) is 0 Å². The lowest BCUT2D eigenvalue weighted by Crippen LogP contribution is -2.29. The maximum Gasteiger partial charge on any atom is 0.223 e. The number of nitriles is 1. The molecule has 0 aliphatic rings. The zero-order valence-electron chi connectivity index (χ0n) is 14.0. The predicted molar refractivity (Wildman–Crippen MR) is 89.8 cm³/mol. The third-order valence-corrected chi connectivity index (χ3v) is 3.80. The molecule has 1 heterocycles. The molecule has 1 amide bonds. The van der Waals surface area contributed by atoms with Gasteiger partial charge in [0.1, 0.15) is 17.5 Å². The Kier molecular flexibility index (Phi) is 5.85. The number of rotatable bonds is 7. The van der Waals surface area contributed by atoms with Crippen molar-refractivity contribution in [2.45, 2.75) is 25.4 Å². The lowest BCUT2D eigenvalue weighted by atomic mass is 10.1. The van der Waals surface area contributed by atoms with Gasteiger partial charge < -0.3 is 19.4 Å². The van der Waals surface area contributed by atoms with Crippen LogP contribution in [-0.2, 0) is 4.79 Å². The van der Waals surface area contributed by atoms with Crippen LogP contribution in [0.2, 0.25) is 0 Å². The topological polar surface area (TPSA) is 76.3 Å². The minimum absolute atomic E-state index is 0.0112. The summed E-state index contributed by atoms with van der Waals surface area (Å²) < 4.78 is 12.4. The van der Waals surface area contributed by atoms with Crippen molar-refractivity contribution in [3.05, 3.63) is 48.3 Å². The van der Waals surface area contributed by atoms with Crippen LogP contribution in [-0.4, -0.2) is 24.7 Å². The number of nitrogens with zero attached hydrogens (tertiary/aromatic N) is 2. The van der Waals surface area contributed by atoms with Crippen LogP contribution >= 0.6 is 0 Å². The standard InChI is InChI=1S/C18H21N3O3/c1-13(21-8-4-5-9-21)10-18(22)20-16(12-19)15-7-6-14(23-2)11-17(15)24-3/h4-9,11,13,16H,10H2,1-3H3,(H,20,22). The summed E-state index contributed by atoms with van der Waals surface area (Å²) in [5, 5.41) is 12.2. The number of aromatic nitrogens is 1. The Morgan fingerprint density at radius 2 is 2.00 bits per heavy atom. The second-order valence-electron chi connectivity index (χ2n) is 5.42. The molecule has 0 saturated heterocycles. The fourth-order valence-electron chi connectivity index (χ4n) is 2.47. The average Bonchev–Trinajstić information content (AvgIpc) is 3.14. The van der Waals surface area contributed by atoms with E-state index in [1.54, 1.807) is 25.3 Å². The van der Waals surface area contributed by atoms with Crippen LogP contribution < -0.4 is 14.8 Å². The predicted octanol–water partition coefficient (Wildman–Crippen LogP) is 2.84. The normalized spacial score (nSPS) is 12.8. The molecule has 0 aliphatic heterocycles. The third kappa shape index (κ3) is 4.07. The number of carbonyl (C=O) groups is 1. The van der Waals surface area contributed by atoms with E-state index in [2.05, 4.69) is 11.4 Å². The molecule has 2 aromatic rings. The van der Waals surface area contributed by atoms with Crippen molar-refractivity contribution in [2.75, 3.05) is 14.2 Å². The van der Waals surface area contributed by atoms with Gasteiger partial charge in [-0.1, -0.05) is 0 Å². The fraction of sp³-hybridized carbons (Fsp3) is 0.333. The smallest absolute Gasteiger partial charge is 0.223 e. The lowest BCUT2D eigenvalue weighted by Gasteiger charge is -2.18. The van der Waals surface area contributed by atoms with Gasteiger partial charge >= 0.3 is 0 Å². The Labute approximate surface area is 141 Å². The number of ether oxygens (including phenoxy) is 2. The molecule has 2 rings (SSSR count). The molecule has 2 unspecified atom stereocenters. The van der Waals surface area contributed by atoms with Gasteiger partial charge in [0, 0.05) is 36.5 Å². The minimum atomic E-state index is -0.782. The largest absolute Gasteiger partial charge is 0.497 e. The van der Waals surface area contributed by atoms with E-state index in [0.717, 1.165) is 0 Å². The lowest BCUT2D eigenvalue weighted by molar-refractivity contribution is -0.122. The van der Waals surface area contributed by atoms with E-state index < -0.39 is 6.04 Å². The first-order valence-electron chi connectivity index (χ1n) is 7.62. The number of nitrogens with one attached hydrogen (secondary N) is 1. The van der Waals surface area contributed by atoms with E-state index in [9.17, 15) is 10.1 Å². The third-order valence-electron chi connectivity index (χ3n) is 3.80. The van der Waals surface area contributed by atoms with Crippen LogP contribution in [0.15, 0.2) is 42.7 Å². The Bertz CT molecular complexity index is 720. The quantitative estimate of drug-likeness (QED) is 0.848. The van der Waals surface area contributed by atoms with Crippen molar-refractivity contribution in [1.82, 2.24) is 9.88 Å². The van der Waals surface area contributed by atoms with Crippen LogP contribution in [0, 0.1) is 11.3 Å². The molecule has 0 aliphatic carbocycles. The van der Waals surface area contributed by atoms with Crippen molar-refractivity contribution in [1.29, 1.82) is 5.26 Å². The van der Waals surface area contributed by atoms with E-state index in [-0.39, 0.29) is 18.4 Å². The number of benzene rings is 1. The summed E-state index contributed by atoms with van der Waals surface area (Å²) in [6, 6.07) is 10.3. The summed E-state index contributed by atoms with van der Waals surface area (Å²) in [5.74, 6) is 0.931. The first kappa shape index (κ1) is 17.4. The average molecular weight is 327 g/mol. The van der Waals surface area contributed by atoms with Gasteiger partial charge in [-0.25, -0.2) is 0 Å².